The van der Waals surface area contributed by atoms with Crippen molar-refractivity contribution in [1.29, 1.82) is 0 Å². The summed E-state index contributed by atoms with van der Waals surface area (Å²) in [5.74, 6) is 1.66. The molecule has 0 aliphatic heterocycles. The van der Waals surface area contributed by atoms with Gasteiger partial charge in [-0.2, -0.15) is 0 Å². The molecule has 1 fully saturated rings. The van der Waals surface area contributed by atoms with Crippen molar-refractivity contribution >= 4 is 24.0 Å². The van der Waals surface area contributed by atoms with E-state index < -0.39 is 0 Å². The van der Waals surface area contributed by atoms with Crippen molar-refractivity contribution in [3.63, 3.8) is 0 Å². The zero-order valence-electron chi connectivity index (χ0n) is 11.4. The van der Waals surface area contributed by atoms with Gasteiger partial charge in [-0.25, -0.2) is 0 Å². The topological polar surface area (TPSA) is 38.5 Å². The Bertz CT molecular complexity index is 410. The largest absolute Gasteiger partial charge is 0.496 e. The van der Waals surface area contributed by atoms with Crippen molar-refractivity contribution in [2.45, 2.75) is 25.4 Å². The molecule has 2 rings (SSSR count). The van der Waals surface area contributed by atoms with Gasteiger partial charge in [0, 0.05) is 29.7 Å². The van der Waals surface area contributed by atoms with Crippen LogP contribution in [0.3, 0.4) is 0 Å². The van der Waals surface area contributed by atoms with Crippen LogP contribution >= 0.6 is 24.0 Å². The van der Waals surface area contributed by atoms with E-state index in [0.29, 0.717) is 12.6 Å². The van der Waals surface area contributed by atoms with Gasteiger partial charge < -0.3 is 10.5 Å². The van der Waals surface area contributed by atoms with E-state index in [2.05, 4.69) is 11.9 Å². The van der Waals surface area contributed by atoms with Gasteiger partial charge >= 0.3 is 0 Å². The Hall–Kier alpha value is -0.480. The summed E-state index contributed by atoms with van der Waals surface area (Å²) in [6.07, 6.45) is 2.61. The van der Waals surface area contributed by atoms with Crippen LogP contribution in [0.5, 0.6) is 5.75 Å². The molecule has 0 aromatic heterocycles. The van der Waals surface area contributed by atoms with Gasteiger partial charge in [0.05, 0.1) is 7.11 Å². The molecule has 0 heterocycles. The van der Waals surface area contributed by atoms with Gasteiger partial charge in [0.25, 0.3) is 0 Å². The number of nitrogens with two attached hydrogens (primary N) is 1. The third-order valence-corrected chi connectivity index (χ3v) is 3.87. The van der Waals surface area contributed by atoms with Crippen LogP contribution in [0.2, 0.25) is 5.02 Å². The van der Waals surface area contributed by atoms with E-state index in [0.717, 1.165) is 28.8 Å². The molecule has 3 nitrogen and oxygen atoms in total. The quantitative estimate of drug-likeness (QED) is 0.878. The lowest BCUT2D eigenvalue weighted by Gasteiger charge is -2.27. The Labute approximate surface area is 126 Å². The molecule has 5 heteroatoms. The Morgan fingerprint density at radius 2 is 2.16 bits per heavy atom. The van der Waals surface area contributed by atoms with E-state index in [1.54, 1.807) is 7.11 Å². The number of hydrogen-bond donors (Lipinski definition) is 1. The lowest BCUT2D eigenvalue weighted by molar-refractivity contribution is 0.213. The first-order valence-corrected chi connectivity index (χ1v) is 6.76. The normalized spacial score (nSPS) is 16.1. The number of likely N-dealkylation sites (N-methyl/N-ethyl adjacent to an activating group) is 1. The highest BCUT2D eigenvalue weighted by Gasteiger charge is 2.32. The molecular weight excluding hydrogens is 283 g/mol. The molecule has 0 amide bonds. The molecule has 1 saturated carbocycles. The van der Waals surface area contributed by atoms with Crippen LogP contribution < -0.4 is 10.5 Å². The van der Waals surface area contributed by atoms with Crippen LogP contribution in [-0.4, -0.2) is 31.6 Å². The molecule has 1 atom stereocenters. The average molecular weight is 305 g/mol. The summed E-state index contributed by atoms with van der Waals surface area (Å²) in [5, 5.41) is 0.745. The molecule has 1 aromatic carbocycles. The molecule has 1 unspecified atom stereocenters. The van der Waals surface area contributed by atoms with Crippen LogP contribution in [0.4, 0.5) is 0 Å². The molecule has 0 saturated heterocycles. The van der Waals surface area contributed by atoms with Gasteiger partial charge in [-0.05, 0) is 44.0 Å². The number of nitrogens with zero attached hydrogens (tertiary/aromatic N) is 1. The van der Waals surface area contributed by atoms with Gasteiger partial charge in [-0.15, -0.1) is 12.4 Å². The van der Waals surface area contributed by atoms with E-state index >= 15 is 0 Å². The second kappa shape index (κ2) is 7.34. The summed E-state index contributed by atoms with van der Waals surface area (Å²) in [7, 11) is 3.81. The molecular formula is C14H22Cl2N2O. The second-order valence-electron chi connectivity index (χ2n) is 5.01. The summed E-state index contributed by atoms with van der Waals surface area (Å²) in [4.78, 5) is 2.31. The molecule has 0 radical (unpaired) electrons. The van der Waals surface area contributed by atoms with E-state index in [4.69, 9.17) is 22.1 Å². The zero-order valence-corrected chi connectivity index (χ0v) is 13.0. The maximum Gasteiger partial charge on any atom is 0.123 e. The van der Waals surface area contributed by atoms with Gasteiger partial charge in [0.2, 0.25) is 0 Å². The predicted molar refractivity (Wildman–Crippen MR) is 82.3 cm³/mol. The predicted octanol–water partition coefficient (Wildman–Crippen LogP) is 2.94. The first kappa shape index (κ1) is 16.6. The van der Waals surface area contributed by atoms with Crippen LogP contribution in [0.15, 0.2) is 18.2 Å². The molecule has 108 valence electrons. The fourth-order valence-electron chi connectivity index (χ4n) is 2.47. The Balaban J connectivity index is 0.00000180. The van der Waals surface area contributed by atoms with Gasteiger partial charge in [-0.1, -0.05) is 11.6 Å². The van der Waals surface area contributed by atoms with Gasteiger partial charge in [0.15, 0.2) is 0 Å². The summed E-state index contributed by atoms with van der Waals surface area (Å²) in [6.45, 7) is 1.53. The molecule has 0 spiro atoms. The molecule has 0 bridgehead atoms. The van der Waals surface area contributed by atoms with Crippen molar-refractivity contribution < 1.29 is 4.74 Å². The first-order valence-electron chi connectivity index (χ1n) is 6.38. The smallest absolute Gasteiger partial charge is 0.123 e. The number of ether oxygens (including phenoxy) is 1. The SMILES string of the molecule is COc1ccc(Cl)cc1CN(C)C(CN)C1CC1.Cl. The highest BCUT2D eigenvalue weighted by molar-refractivity contribution is 6.30. The van der Waals surface area contributed by atoms with Crippen LogP contribution in [0.25, 0.3) is 0 Å². The summed E-state index contributed by atoms with van der Waals surface area (Å²) in [5.41, 5.74) is 6.99. The monoisotopic (exact) mass is 304 g/mol. The van der Waals surface area contributed by atoms with Crippen LogP contribution in [0, 0.1) is 5.92 Å². The Morgan fingerprint density at radius 3 is 2.68 bits per heavy atom. The minimum atomic E-state index is 0. The average Bonchev–Trinajstić information content (AvgIpc) is 3.15. The lowest BCUT2D eigenvalue weighted by atomic mass is 10.1. The van der Waals surface area contributed by atoms with Crippen molar-refractivity contribution in [2.24, 2.45) is 11.7 Å². The van der Waals surface area contributed by atoms with Crippen molar-refractivity contribution in [2.75, 3.05) is 20.7 Å². The molecule has 1 aliphatic rings. The zero-order chi connectivity index (χ0) is 13.1. The molecule has 1 aromatic rings. The summed E-state index contributed by atoms with van der Waals surface area (Å²) >= 11 is 6.05. The van der Waals surface area contributed by atoms with E-state index in [1.165, 1.54) is 12.8 Å². The Morgan fingerprint density at radius 1 is 1.47 bits per heavy atom. The number of hydrogen-bond acceptors (Lipinski definition) is 3. The maximum absolute atomic E-state index is 6.05. The fraction of sp³-hybridized carbons (Fsp3) is 0.571. The fourth-order valence-corrected chi connectivity index (χ4v) is 2.66. The number of halogens is 2. The van der Waals surface area contributed by atoms with Gasteiger partial charge in [0.1, 0.15) is 5.75 Å². The Kier molecular flexibility index (Phi) is 6.40. The molecule has 19 heavy (non-hydrogen) atoms. The minimum Gasteiger partial charge on any atom is -0.496 e. The number of benzene rings is 1. The lowest BCUT2D eigenvalue weighted by Crippen LogP contribution is -2.39. The second-order valence-corrected chi connectivity index (χ2v) is 5.45. The third-order valence-electron chi connectivity index (χ3n) is 3.64. The standard InChI is InChI=1S/C14H21ClN2O.ClH/c1-17(13(8-16)10-3-4-10)9-11-7-12(15)5-6-14(11)18-2;/h5-7,10,13H,3-4,8-9,16H2,1-2H3;1H. The number of methoxy groups -OCH3 is 1. The van der Waals surface area contributed by atoms with E-state index in [1.807, 2.05) is 18.2 Å². The van der Waals surface area contributed by atoms with E-state index in [-0.39, 0.29) is 12.4 Å². The first-order chi connectivity index (χ1) is 8.65. The molecule has 2 N–H and O–H groups in total. The maximum atomic E-state index is 6.05. The van der Waals surface area contributed by atoms with Crippen molar-refractivity contribution in [3.05, 3.63) is 28.8 Å². The highest BCUT2D eigenvalue weighted by atomic mass is 35.5. The molecule has 1 aliphatic carbocycles. The third kappa shape index (κ3) is 4.25. The van der Waals surface area contributed by atoms with Crippen molar-refractivity contribution in [3.8, 4) is 5.75 Å². The van der Waals surface area contributed by atoms with Crippen LogP contribution in [-0.2, 0) is 6.54 Å². The minimum absolute atomic E-state index is 0. The van der Waals surface area contributed by atoms with E-state index in [9.17, 15) is 0 Å². The number of rotatable bonds is 6. The highest BCUT2D eigenvalue weighted by Crippen LogP contribution is 2.35. The van der Waals surface area contributed by atoms with Gasteiger partial charge in [-0.3, -0.25) is 4.90 Å². The van der Waals surface area contributed by atoms with Crippen molar-refractivity contribution in [1.82, 2.24) is 4.90 Å². The summed E-state index contributed by atoms with van der Waals surface area (Å²) < 4.78 is 5.37. The van der Waals surface area contributed by atoms with Crippen LogP contribution in [0.1, 0.15) is 18.4 Å². The summed E-state index contributed by atoms with van der Waals surface area (Å²) in [6, 6.07) is 6.21.